The number of nitriles is 2. The van der Waals surface area contributed by atoms with Gasteiger partial charge in [-0.2, -0.15) is 10.5 Å². The second-order valence-electron chi connectivity index (χ2n) is 5.44. The summed E-state index contributed by atoms with van der Waals surface area (Å²) in [7, 11) is 0. The minimum absolute atomic E-state index is 0.257. The van der Waals surface area contributed by atoms with Crippen molar-refractivity contribution in [1.29, 1.82) is 10.5 Å². The van der Waals surface area contributed by atoms with E-state index in [1.165, 1.54) is 48.5 Å². The van der Waals surface area contributed by atoms with Crippen molar-refractivity contribution in [2.45, 2.75) is 0 Å². The Labute approximate surface area is 148 Å². The van der Waals surface area contributed by atoms with E-state index in [1.807, 2.05) is 12.1 Å². The first kappa shape index (κ1) is 16.9. The molecule has 3 aromatic rings. The second-order valence-corrected chi connectivity index (χ2v) is 5.44. The lowest BCUT2D eigenvalue weighted by Crippen LogP contribution is -2.00. The van der Waals surface area contributed by atoms with Gasteiger partial charge in [0.25, 0.3) is 0 Å². The standard InChI is InChI=1S/C20H12F2N4/c21-15-3-1-5-17(9-15)25-19-7-14(12-24)20(8-13(19)11-23)26-18-6-2-4-16(22)10-18/h1-10,25-26H. The van der Waals surface area contributed by atoms with Gasteiger partial charge < -0.3 is 10.6 Å². The maximum Gasteiger partial charge on any atom is 0.125 e. The average molecular weight is 346 g/mol. The number of halogens is 2. The first-order chi connectivity index (χ1) is 12.6. The van der Waals surface area contributed by atoms with Crippen LogP contribution in [-0.2, 0) is 0 Å². The van der Waals surface area contributed by atoms with Crippen LogP contribution in [0, 0.1) is 34.3 Å². The van der Waals surface area contributed by atoms with Gasteiger partial charge >= 0.3 is 0 Å². The number of hydrogen-bond acceptors (Lipinski definition) is 4. The molecular formula is C20H12F2N4. The monoisotopic (exact) mass is 346 g/mol. The molecule has 0 unspecified atom stereocenters. The third-order valence-corrected chi connectivity index (χ3v) is 3.61. The van der Waals surface area contributed by atoms with E-state index in [0.717, 1.165) is 0 Å². The summed E-state index contributed by atoms with van der Waals surface area (Å²) >= 11 is 0. The highest BCUT2D eigenvalue weighted by Gasteiger charge is 2.11. The topological polar surface area (TPSA) is 71.6 Å². The van der Waals surface area contributed by atoms with E-state index in [9.17, 15) is 19.3 Å². The normalized spacial score (nSPS) is 9.85. The van der Waals surface area contributed by atoms with Gasteiger partial charge in [0.05, 0.1) is 22.5 Å². The van der Waals surface area contributed by atoms with E-state index in [1.54, 1.807) is 12.1 Å². The quantitative estimate of drug-likeness (QED) is 0.681. The van der Waals surface area contributed by atoms with Gasteiger partial charge in [0.2, 0.25) is 0 Å². The number of nitrogens with one attached hydrogen (secondary N) is 2. The second kappa shape index (κ2) is 7.33. The summed E-state index contributed by atoms with van der Waals surface area (Å²) < 4.78 is 26.7. The van der Waals surface area contributed by atoms with Gasteiger partial charge in [-0.25, -0.2) is 8.78 Å². The van der Waals surface area contributed by atoms with Crippen molar-refractivity contribution in [3.8, 4) is 12.1 Å². The highest BCUT2D eigenvalue weighted by Crippen LogP contribution is 2.29. The number of nitrogens with zero attached hydrogens (tertiary/aromatic N) is 2. The third-order valence-electron chi connectivity index (χ3n) is 3.61. The molecule has 3 aromatic carbocycles. The minimum atomic E-state index is -0.418. The molecular weight excluding hydrogens is 334 g/mol. The molecule has 0 atom stereocenters. The molecule has 0 aliphatic carbocycles. The van der Waals surface area contributed by atoms with Crippen LogP contribution in [0.4, 0.5) is 31.5 Å². The molecule has 0 radical (unpaired) electrons. The largest absolute Gasteiger partial charge is 0.354 e. The highest BCUT2D eigenvalue weighted by molar-refractivity contribution is 5.77. The van der Waals surface area contributed by atoms with Gasteiger partial charge in [-0.15, -0.1) is 0 Å². The molecule has 26 heavy (non-hydrogen) atoms. The molecule has 0 aliphatic heterocycles. The maximum absolute atomic E-state index is 13.3. The molecule has 0 fully saturated rings. The van der Waals surface area contributed by atoms with Crippen LogP contribution in [0.3, 0.4) is 0 Å². The molecule has 0 bridgehead atoms. The van der Waals surface area contributed by atoms with E-state index in [0.29, 0.717) is 22.7 Å². The van der Waals surface area contributed by atoms with Gasteiger partial charge in [-0.3, -0.25) is 0 Å². The first-order valence-electron chi connectivity index (χ1n) is 7.62. The highest BCUT2D eigenvalue weighted by atomic mass is 19.1. The van der Waals surface area contributed by atoms with Crippen molar-refractivity contribution in [1.82, 2.24) is 0 Å². The summed E-state index contributed by atoms with van der Waals surface area (Å²) in [5.74, 6) is -0.836. The van der Waals surface area contributed by atoms with Gasteiger partial charge in [0.1, 0.15) is 23.8 Å². The fourth-order valence-corrected chi connectivity index (χ4v) is 2.43. The molecule has 4 nitrogen and oxygen atoms in total. The zero-order valence-electron chi connectivity index (χ0n) is 13.4. The van der Waals surface area contributed by atoms with E-state index in [-0.39, 0.29) is 11.1 Å². The Bertz CT molecular complexity index is 963. The zero-order valence-corrected chi connectivity index (χ0v) is 13.4. The van der Waals surface area contributed by atoms with Gasteiger partial charge in [0, 0.05) is 11.4 Å². The summed E-state index contributed by atoms with van der Waals surface area (Å²) in [4.78, 5) is 0. The van der Waals surface area contributed by atoms with Crippen molar-refractivity contribution in [3.63, 3.8) is 0 Å². The molecule has 0 aliphatic rings. The lowest BCUT2D eigenvalue weighted by atomic mass is 10.1. The van der Waals surface area contributed by atoms with E-state index >= 15 is 0 Å². The van der Waals surface area contributed by atoms with Crippen molar-refractivity contribution in [2.24, 2.45) is 0 Å². The molecule has 0 heterocycles. The lowest BCUT2D eigenvalue weighted by Gasteiger charge is -2.13. The summed E-state index contributed by atoms with van der Waals surface area (Å²) in [5, 5.41) is 24.7. The predicted octanol–water partition coefficient (Wildman–Crippen LogP) is 5.20. The third kappa shape index (κ3) is 3.77. The van der Waals surface area contributed by atoms with E-state index in [2.05, 4.69) is 10.6 Å². The Morgan fingerprint density at radius 3 is 1.42 bits per heavy atom. The Morgan fingerprint density at radius 1 is 0.654 bits per heavy atom. The number of anilines is 4. The van der Waals surface area contributed by atoms with Crippen LogP contribution in [0.2, 0.25) is 0 Å². The molecule has 2 N–H and O–H groups in total. The molecule has 0 aromatic heterocycles. The molecule has 0 saturated heterocycles. The minimum Gasteiger partial charge on any atom is -0.354 e. The van der Waals surface area contributed by atoms with Crippen molar-refractivity contribution >= 4 is 22.7 Å². The van der Waals surface area contributed by atoms with E-state index in [4.69, 9.17) is 0 Å². The van der Waals surface area contributed by atoms with Crippen molar-refractivity contribution < 1.29 is 8.78 Å². The Balaban J connectivity index is 1.98. The smallest absolute Gasteiger partial charge is 0.125 e. The summed E-state index contributed by atoms with van der Waals surface area (Å²) in [6.45, 7) is 0. The maximum atomic E-state index is 13.3. The summed E-state index contributed by atoms with van der Waals surface area (Å²) in [6.07, 6.45) is 0. The van der Waals surface area contributed by atoms with Crippen LogP contribution >= 0.6 is 0 Å². The molecule has 6 heteroatoms. The molecule has 126 valence electrons. The lowest BCUT2D eigenvalue weighted by molar-refractivity contribution is 0.628. The van der Waals surface area contributed by atoms with Crippen LogP contribution in [0.25, 0.3) is 0 Å². The van der Waals surface area contributed by atoms with Crippen LogP contribution < -0.4 is 10.6 Å². The average Bonchev–Trinajstić information content (AvgIpc) is 2.62. The zero-order chi connectivity index (χ0) is 18.5. The summed E-state index contributed by atoms with van der Waals surface area (Å²) in [6, 6.07) is 18.6. The summed E-state index contributed by atoms with van der Waals surface area (Å²) in [5.41, 5.74) is 2.17. The van der Waals surface area contributed by atoms with Crippen molar-refractivity contribution in [2.75, 3.05) is 10.6 Å². The van der Waals surface area contributed by atoms with E-state index < -0.39 is 11.6 Å². The predicted molar refractivity (Wildman–Crippen MR) is 95.2 cm³/mol. The Kier molecular flexibility index (Phi) is 4.78. The number of hydrogen-bond donors (Lipinski definition) is 2. The van der Waals surface area contributed by atoms with Crippen LogP contribution in [0.15, 0.2) is 60.7 Å². The SMILES string of the molecule is N#Cc1cc(Nc2cccc(F)c2)c(C#N)cc1Nc1cccc(F)c1. The van der Waals surface area contributed by atoms with Crippen molar-refractivity contribution in [3.05, 3.63) is 83.4 Å². The molecule has 0 saturated carbocycles. The first-order valence-corrected chi connectivity index (χ1v) is 7.62. The van der Waals surface area contributed by atoms with Gasteiger partial charge in [-0.05, 0) is 48.5 Å². The number of benzene rings is 3. The molecule has 0 amide bonds. The van der Waals surface area contributed by atoms with Crippen LogP contribution in [-0.4, -0.2) is 0 Å². The molecule has 0 spiro atoms. The number of rotatable bonds is 4. The Hall–Kier alpha value is -3.90. The van der Waals surface area contributed by atoms with Gasteiger partial charge in [-0.1, -0.05) is 12.1 Å². The van der Waals surface area contributed by atoms with Gasteiger partial charge in [0.15, 0.2) is 0 Å². The van der Waals surface area contributed by atoms with Crippen LogP contribution in [0.5, 0.6) is 0 Å². The fraction of sp³-hybridized carbons (Fsp3) is 0. The van der Waals surface area contributed by atoms with Crippen LogP contribution in [0.1, 0.15) is 11.1 Å². The molecule has 3 rings (SSSR count). The fourth-order valence-electron chi connectivity index (χ4n) is 2.43. The Morgan fingerprint density at radius 2 is 1.08 bits per heavy atom.